The van der Waals surface area contributed by atoms with Gasteiger partial charge in [-0.1, -0.05) is 27.7 Å². The van der Waals surface area contributed by atoms with E-state index in [0.717, 1.165) is 19.4 Å². The van der Waals surface area contributed by atoms with Crippen molar-refractivity contribution < 1.29 is 19.8 Å². The number of carboxylic acids is 2. The van der Waals surface area contributed by atoms with Gasteiger partial charge in [0.15, 0.2) is 0 Å². The van der Waals surface area contributed by atoms with Gasteiger partial charge in [0.1, 0.15) is 6.04 Å². The molecule has 1 unspecified atom stereocenters. The monoisotopic (exact) mass is 271 g/mol. The number of hydrogen-bond acceptors (Lipinski definition) is 3. The molecule has 1 heterocycles. The number of carboxylic acid groups (broad SMARTS) is 2. The number of hydrogen-bond donors (Lipinski definition) is 2. The van der Waals surface area contributed by atoms with Gasteiger partial charge < -0.3 is 10.2 Å². The highest BCUT2D eigenvalue weighted by Crippen LogP contribution is 2.36. The second-order valence-corrected chi connectivity index (χ2v) is 7.04. The predicted octanol–water partition coefficient (Wildman–Crippen LogP) is 2.06. The van der Waals surface area contributed by atoms with Gasteiger partial charge in [-0.2, -0.15) is 0 Å². The summed E-state index contributed by atoms with van der Waals surface area (Å²) in [6.07, 6.45) is 1.90. The molecule has 0 aromatic heterocycles. The summed E-state index contributed by atoms with van der Waals surface area (Å²) in [5.41, 5.74) is -0.698. The first-order chi connectivity index (χ1) is 8.55. The molecule has 1 fully saturated rings. The standard InChI is InChI=1S/C14H25NO4/c1-13(2)6-5-7-15(9-13)11(12(18)19)14(3,4)8-10(16)17/h11H,5-9H2,1-4H3,(H,16,17)(H,18,19). The SMILES string of the molecule is CC1(C)CCCN(C(C(=O)O)C(C)(C)CC(=O)O)C1. The van der Waals surface area contributed by atoms with Crippen LogP contribution in [-0.2, 0) is 9.59 Å². The van der Waals surface area contributed by atoms with Crippen LogP contribution >= 0.6 is 0 Å². The number of aliphatic carboxylic acids is 2. The van der Waals surface area contributed by atoms with E-state index in [4.69, 9.17) is 5.11 Å². The highest BCUT2D eigenvalue weighted by molar-refractivity contribution is 5.76. The van der Waals surface area contributed by atoms with Crippen LogP contribution in [0.2, 0.25) is 0 Å². The Morgan fingerprint density at radius 2 is 1.89 bits per heavy atom. The van der Waals surface area contributed by atoms with Crippen molar-refractivity contribution in [1.29, 1.82) is 0 Å². The van der Waals surface area contributed by atoms with E-state index in [-0.39, 0.29) is 11.8 Å². The second-order valence-electron chi connectivity index (χ2n) is 7.04. The van der Waals surface area contributed by atoms with Crippen molar-refractivity contribution in [2.24, 2.45) is 10.8 Å². The van der Waals surface area contributed by atoms with E-state index in [1.54, 1.807) is 13.8 Å². The maximum absolute atomic E-state index is 11.6. The lowest BCUT2D eigenvalue weighted by Gasteiger charge is -2.45. The summed E-state index contributed by atoms with van der Waals surface area (Å²) in [6, 6.07) is -0.747. The van der Waals surface area contributed by atoms with Gasteiger partial charge >= 0.3 is 11.9 Å². The Hall–Kier alpha value is -1.10. The first-order valence-corrected chi connectivity index (χ1v) is 6.74. The van der Waals surface area contributed by atoms with E-state index in [9.17, 15) is 14.7 Å². The van der Waals surface area contributed by atoms with Gasteiger partial charge in [-0.15, -0.1) is 0 Å². The average Bonchev–Trinajstić information content (AvgIpc) is 2.11. The zero-order chi connectivity index (χ0) is 14.8. The minimum absolute atomic E-state index is 0.0885. The van der Waals surface area contributed by atoms with Gasteiger partial charge in [0.2, 0.25) is 0 Å². The van der Waals surface area contributed by atoms with E-state index in [0.29, 0.717) is 6.54 Å². The van der Waals surface area contributed by atoms with Crippen LogP contribution in [0.3, 0.4) is 0 Å². The first kappa shape index (κ1) is 16.0. The Kier molecular flexibility index (Phi) is 4.61. The van der Waals surface area contributed by atoms with E-state index in [1.807, 2.05) is 4.90 Å². The van der Waals surface area contributed by atoms with Crippen LogP contribution in [0.15, 0.2) is 0 Å². The molecule has 110 valence electrons. The van der Waals surface area contributed by atoms with Crippen LogP contribution in [0.1, 0.15) is 47.0 Å². The molecule has 0 radical (unpaired) electrons. The van der Waals surface area contributed by atoms with Gasteiger partial charge in [0.25, 0.3) is 0 Å². The van der Waals surface area contributed by atoms with Gasteiger partial charge in [-0.3, -0.25) is 14.5 Å². The van der Waals surface area contributed by atoms with Gasteiger partial charge in [0.05, 0.1) is 6.42 Å². The zero-order valence-electron chi connectivity index (χ0n) is 12.3. The molecule has 5 nitrogen and oxygen atoms in total. The van der Waals surface area contributed by atoms with Crippen LogP contribution < -0.4 is 0 Å². The largest absolute Gasteiger partial charge is 0.481 e. The third-order valence-corrected chi connectivity index (χ3v) is 3.88. The fourth-order valence-electron chi connectivity index (χ4n) is 3.16. The molecule has 0 aliphatic carbocycles. The fraction of sp³-hybridized carbons (Fsp3) is 0.857. The van der Waals surface area contributed by atoms with Crippen molar-refractivity contribution in [3.8, 4) is 0 Å². The van der Waals surface area contributed by atoms with Crippen molar-refractivity contribution in [1.82, 2.24) is 4.90 Å². The van der Waals surface area contributed by atoms with E-state index in [1.165, 1.54) is 0 Å². The average molecular weight is 271 g/mol. The molecule has 2 N–H and O–H groups in total. The molecule has 19 heavy (non-hydrogen) atoms. The van der Waals surface area contributed by atoms with Gasteiger partial charge in [0, 0.05) is 12.0 Å². The molecule has 1 saturated heterocycles. The lowest BCUT2D eigenvalue weighted by Crippen LogP contribution is -2.55. The highest BCUT2D eigenvalue weighted by atomic mass is 16.4. The first-order valence-electron chi connectivity index (χ1n) is 6.74. The molecule has 5 heteroatoms. The fourth-order valence-corrected chi connectivity index (χ4v) is 3.16. The third kappa shape index (κ3) is 4.20. The molecule has 0 bridgehead atoms. The molecular formula is C14H25NO4. The molecule has 0 saturated carbocycles. The molecule has 1 aliphatic heterocycles. The Morgan fingerprint density at radius 3 is 2.32 bits per heavy atom. The number of carbonyl (C=O) groups is 2. The lowest BCUT2D eigenvalue weighted by atomic mass is 9.77. The van der Waals surface area contributed by atoms with Crippen molar-refractivity contribution in [3.63, 3.8) is 0 Å². The van der Waals surface area contributed by atoms with Crippen LogP contribution in [0.5, 0.6) is 0 Å². The molecule has 1 atom stereocenters. The Labute approximate surface area is 114 Å². The summed E-state index contributed by atoms with van der Waals surface area (Å²) in [5, 5.41) is 18.5. The second kappa shape index (κ2) is 5.49. The van der Waals surface area contributed by atoms with Crippen molar-refractivity contribution in [2.45, 2.75) is 53.0 Å². The Balaban J connectivity index is 2.94. The van der Waals surface area contributed by atoms with E-state index >= 15 is 0 Å². The molecule has 0 aromatic carbocycles. The lowest BCUT2D eigenvalue weighted by molar-refractivity contribution is -0.152. The summed E-state index contributed by atoms with van der Waals surface area (Å²) in [6.45, 7) is 9.13. The summed E-state index contributed by atoms with van der Waals surface area (Å²) >= 11 is 0. The zero-order valence-corrected chi connectivity index (χ0v) is 12.3. The van der Waals surface area contributed by atoms with Crippen LogP contribution in [0.4, 0.5) is 0 Å². The Bertz CT molecular complexity index is 362. The summed E-state index contributed by atoms with van der Waals surface area (Å²) < 4.78 is 0. The summed E-state index contributed by atoms with van der Waals surface area (Å²) in [7, 11) is 0. The van der Waals surface area contributed by atoms with Gasteiger partial charge in [-0.25, -0.2) is 0 Å². The van der Waals surface area contributed by atoms with E-state index < -0.39 is 23.4 Å². The summed E-state index contributed by atoms with van der Waals surface area (Å²) in [5.74, 6) is -1.88. The minimum atomic E-state index is -0.951. The van der Waals surface area contributed by atoms with E-state index in [2.05, 4.69) is 13.8 Å². The predicted molar refractivity (Wildman–Crippen MR) is 72.0 cm³/mol. The third-order valence-electron chi connectivity index (χ3n) is 3.88. The molecular weight excluding hydrogens is 246 g/mol. The summed E-state index contributed by atoms with van der Waals surface area (Å²) in [4.78, 5) is 24.5. The number of piperidine rings is 1. The van der Waals surface area contributed by atoms with Crippen molar-refractivity contribution >= 4 is 11.9 Å². The molecule has 1 rings (SSSR count). The number of rotatable bonds is 5. The minimum Gasteiger partial charge on any atom is -0.481 e. The van der Waals surface area contributed by atoms with Crippen molar-refractivity contribution in [2.75, 3.05) is 13.1 Å². The highest BCUT2D eigenvalue weighted by Gasteiger charge is 2.43. The van der Waals surface area contributed by atoms with Crippen LogP contribution in [-0.4, -0.2) is 46.2 Å². The topological polar surface area (TPSA) is 77.8 Å². The normalized spacial score (nSPS) is 21.9. The maximum Gasteiger partial charge on any atom is 0.321 e. The molecule has 0 aromatic rings. The molecule has 0 spiro atoms. The number of nitrogens with zero attached hydrogens (tertiary/aromatic N) is 1. The molecule has 0 amide bonds. The van der Waals surface area contributed by atoms with Crippen molar-refractivity contribution in [3.05, 3.63) is 0 Å². The maximum atomic E-state index is 11.6. The number of likely N-dealkylation sites (tertiary alicyclic amines) is 1. The van der Waals surface area contributed by atoms with Gasteiger partial charge in [-0.05, 0) is 24.8 Å². The smallest absolute Gasteiger partial charge is 0.321 e. The molecule has 1 aliphatic rings. The quantitative estimate of drug-likeness (QED) is 0.800. The Morgan fingerprint density at radius 1 is 1.32 bits per heavy atom. The van der Waals surface area contributed by atoms with Crippen LogP contribution in [0.25, 0.3) is 0 Å². The van der Waals surface area contributed by atoms with Crippen LogP contribution in [0, 0.1) is 10.8 Å².